The Balaban J connectivity index is 2.95. The Morgan fingerprint density at radius 1 is 1.36 bits per heavy atom. The zero-order valence-corrected chi connectivity index (χ0v) is 8.98. The van der Waals surface area contributed by atoms with Crippen LogP contribution in [0.3, 0.4) is 0 Å². The van der Waals surface area contributed by atoms with E-state index in [0.717, 1.165) is 12.5 Å². The van der Waals surface area contributed by atoms with Gasteiger partial charge in [-0.25, -0.2) is 8.78 Å². The van der Waals surface area contributed by atoms with E-state index in [0.29, 0.717) is 5.56 Å². The fraction of sp³-hybridized carbons (Fsp3) is 0.455. The molecule has 0 amide bonds. The number of alkyl halides is 1. The van der Waals surface area contributed by atoms with Crippen molar-refractivity contribution in [3.8, 4) is 0 Å². The van der Waals surface area contributed by atoms with Gasteiger partial charge >= 0.3 is 0 Å². The molecule has 0 N–H and O–H groups in total. The molecule has 1 aromatic carbocycles. The van der Waals surface area contributed by atoms with Gasteiger partial charge in [0.1, 0.15) is 11.6 Å². The highest BCUT2D eigenvalue weighted by atomic mass is 35.5. The molecule has 0 heterocycles. The first-order chi connectivity index (χ1) is 6.56. The summed E-state index contributed by atoms with van der Waals surface area (Å²) >= 11 is 6.00. The molecule has 14 heavy (non-hydrogen) atoms. The van der Waals surface area contributed by atoms with Gasteiger partial charge in [0.2, 0.25) is 0 Å². The summed E-state index contributed by atoms with van der Waals surface area (Å²) in [5.74, 6) is -1.17. The van der Waals surface area contributed by atoms with Crippen LogP contribution in [0.25, 0.3) is 0 Å². The Bertz CT molecular complexity index is 312. The summed E-state index contributed by atoms with van der Waals surface area (Å²) in [5, 5.41) is -0.116. The van der Waals surface area contributed by atoms with E-state index in [9.17, 15) is 8.78 Å². The van der Waals surface area contributed by atoms with Gasteiger partial charge in [0.15, 0.2) is 0 Å². The van der Waals surface area contributed by atoms with Crippen LogP contribution in [-0.4, -0.2) is 5.38 Å². The van der Waals surface area contributed by atoms with Gasteiger partial charge in [-0.15, -0.1) is 11.6 Å². The summed E-state index contributed by atoms with van der Waals surface area (Å²) in [6.07, 6.45) is 0.763. The second-order valence-electron chi connectivity index (χ2n) is 3.38. The lowest BCUT2D eigenvalue weighted by atomic mass is 9.95. The molecule has 0 saturated heterocycles. The minimum absolute atomic E-state index is 0.0951. The molecule has 2 atom stereocenters. The Kier molecular flexibility index (Phi) is 3.87. The van der Waals surface area contributed by atoms with Crippen molar-refractivity contribution in [2.24, 2.45) is 0 Å². The van der Waals surface area contributed by atoms with E-state index in [1.165, 1.54) is 12.1 Å². The zero-order chi connectivity index (χ0) is 10.7. The summed E-state index contributed by atoms with van der Waals surface area (Å²) in [6.45, 7) is 3.78. The maximum absolute atomic E-state index is 13.3. The lowest BCUT2D eigenvalue weighted by molar-refractivity contribution is 0.550. The van der Waals surface area contributed by atoms with Crippen LogP contribution in [-0.2, 0) is 0 Å². The smallest absolute Gasteiger partial charge is 0.129 e. The van der Waals surface area contributed by atoms with Crippen molar-refractivity contribution in [2.45, 2.75) is 31.6 Å². The van der Waals surface area contributed by atoms with E-state index < -0.39 is 11.6 Å². The number of hydrogen-bond donors (Lipinski definition) is 0. The van der Waals surface area contributed by atoms with E-state index in [2.05, 4.69) is 0 Å². The van der Waals surface area contributed by atoms with E-state index in [-0.39, 0.29) is 11.3 Å². The predicted octanol–water partition coefficient (Wildman–Crippen LogP) is 4.09. The highest BCUT2D eigenvalue weighted by molar-refractivity contribution is 6.21. The van der Waals surface area contributed by atoms with Crippen LogP contribution in [0.4, 0.5) is 8.78 Å². The molecule has 0 aliphatic heterocycles. The van der Waals surface area contributed by atoms with Gasteiger partial charge < -0.3 is 0 Å². The molecular formula is C11H13ClF2. The third-order valence-corrected chi connectivity index (χ3v) is 3.07. The third kappa shape index (κ3) is 2.44. The topological polar surface area (TPSA) is 0 Å². The van der Waals surface area contributed by atoms with Crippen molar-refractivity contribution < 1.29 is 8.78 Å². The normalized spacial score (nSPS) is 15.2. The molecule has 0 aliphatic rings. The van der Waals surface area contributed by atoms with Gasteiger partial charge in [0, 0.05) is 17.4 Å². The molecule has 0 radical (unpaired) electrons. The molecule has 1 aromatic rings. The zero-order valence-electron chi connectivity index (χ0n) is 8.23. The Hall–Kier alpha value is -0.630. The second-order valence-corrected chi connectivity index (χ2v) is 3.94. The molecule has 3 heteroatoms. The Labute approximate surface area is 87.9 Å². The monoisotopic (exact) mass is 218 g/mol. The average Bonchev–Trinajstić information content (AvgIpc) is 2.15. The first-order valence-corrected chi connectivity index (χ1v) is 5.09. The number of halogens is 3. The fourth-order valence-electron chi connectivity index (χ4n) is 1.42. The molecule has 0 bridgehead atoms. The first-order valence-electron chi connectivity index (χ1n) is 4.65. The van der Waals surface area contributed by atoms with Gasteiger partial charge in [0.05, 0.1) is 0 Å². The van der Waals surface area contributed by atoms with Crippen LogP contribution in [0.1, 0.15) is 31.7 Å². The summed E-state index contributed by atoms with van der Waals surface area (Å²) < 4.78 is 25.9. The average molecular weight is 219 g/mol. The Morgan fingerprint density at radius 3 is 2.50 bits per heavy atom. The molecule has 0 fully saturated rings. The molecule has 0 nitrogen and oxygen atoms in total. The van der Waals surface area contributed by atoms with Crippen LogP contribution in [0.2, 0.25) is 0 Å². The fourth-order valence-corrected chi connectivity index (χ4v) is 1.55. The van der Waals surface area contributed by atoms with Gasteiger partial charge in [-0.05, 0) is 18.1 Å². The Morgan fingerprint density at radius 2 is 2.00 bits per heavy atom. The largest absolute Gasteiger partial charge is 0.207 e. The quantitative estimate of drug-likeness (QED) is 0.671. The van der Waals surface area contributed by atoms with Crippen molar-refractivity contribution in [3.05, 3.63) is 35.4 Å². The van der Waals surface area contributed by atoms with E-state index in [4.69, 9.17) is 11.6 Å². The molecule has 0 spiro atoms. The number of hydrogen-bond acceptors (Lipinski definition) is 0. The molecule has 0 aromatic heterocycles. The van der Waals surface area contributed by atoms with Gasteiger partial charge in [0.25, 0.3) is 0 Å². The molecule has 78 valence electrons. The lowest BCUT2D eigenvalue weighted by Crippen LogP contribution is -2.10. The van der Waals surface area contributed by atoms with E-state index in [1.807, 2.05) is 13.8 Å². The summed E-state index contributed by atoms with van der Waals surface area (Å²) in [5.41, 5.74) is 0.480. The van der Waals surface area contributed by atoms with Crippen molar-refractivity contribution in [3.63, 3.8) is 0 Å². The summed E-state index contributed by atoms with van der Waals surface area (Å²) in [7, 11) is 0. The first kappa shape index (κ1) is 11.4. The molecule has 0 saturated carbocycles. The van der Waals surface area contributed by atoms with Crippen molar-refractivity contribution in [1.29, 1.82) is 0 Å². The predicted molar refractivity (Wildman–Crippen MR) is 54.7 cm³/mol. The minimum Gasteiger partial charge on any atom is -0.207 e. The minimum atomic E-state index is -0.555. The van der Waals surface area contributed by atoms with E-state index in [1.54, 1.807) is 0 Å². The highest BCUT2D eigenvalue weighted by Crippen LogP contribution is 2.27. The molecule has 2 unspecified atom stereocenters. The second kappa shape index (κ2) is 4.74. The standard InChI is InChI=1S/C11H13ClF2/c1-3-10(12)7(2)9-5-4-8(13)6-11(9)14/h4-7,10H,3H2,1-2H3. The summed E-state index contributed by atoms with van der Waals surface area (Å²) in [4.78, 5) is 0. The lowest BCUT2D eigenvalue weighted by Gasteiger charge is -2.17. The molecule has 0 aliphatic carbocycles. The maximum Gasteiger partial charge on any atom is 0.129 e. The van der Waals surface area contributed by atoms with Crippen LogP contribution < -0.4 is 0 Å². The van der Waals surface area contributed by atoms with E-state index >= 15 is 0 Å². The van der Waals surface area contributed by atoms with Crippen molar-refractivity contribution in [1.82, 2.24) is 0 Å². The summed E-state index contributed by atoms with van der Waals surface area (Å²) in [6, 6.07) is 3.61. The number of rotatable bonds is 3. The SMILES string of the molecule is CCC(Cl)C(C)c1ccc(F)cc1F. The molecular weight excluding hydrogens is 206 g/mol. The van der Waals surface area contributed by atoms with Crippen molar-refractivity contribution >= 4 is 11.6 Å². The highest BCUT2D eigenvalue weighted by Gasteiger charge is 2.18. The number of benzene rings is 1. The molecule has 1 rings (SSSR count). The van der Waals surface area contributed by atoms with Gasteiger partial charge in [-0.2, -0.15) is 0 Å². The van der Waals surface area contributed by atoms with Crippen LogP contribution in [0.15, 0.2) is 18.2 Å². The van der Waals surface area contributed by atoms with Crippen LogP contribution in [0.5, 0.6) is 0 Å². The van der Waals surface area contributed by atoms with Crippen LogP contribution >= 0.6 is 11.6 Å². The van der Waals surface area contributed by atoms with Gasteiger partial charge in [-0.1, -0.05) is 19.9 Å². The maximum atomic E-state index is 13.3. The van der Waals surface area contributed by atoms with Crippen molar-refractivity contribution in [2.75, 3.05) is 0 Å². The van der Waals surface area contributed by atoms with Gasteiger partial charge in [-0.3, -0.25) is 0 Å². The van der Waals surface area contributed by atoms with Crippen LogP contribution in [0, 0.1) is 11.6 Å². The third-order valence-electron chi connectivity index (χ3n) is 2.39.